The molecular formula is C11H16O2. The predicted molar refractivity (Wildman–Crippen MR) is 52.4 cm³/mol. The van der Waals surface area contributed by atoms with Gasteiger partial charge in [-0.3, -0.25) is 0 Å². The van der Waals surface area contributed by atoms with Crippen LogP contribution in [0.25, 0.3) is 0 Å². The largest absolute Gasteiger partial charge is 0.463 e. The van der Waals surface area contributed by atoms with Crippen LogP contribution in [0.15, 0.2) is 29.2 Å². The summed E-state index contributed by atoms with van der Waals surface area (Å²) in [7, 11) is 0. The number of aliphatic hydroxyl groups excluding tert-OH is 1. The van der Waals surface area contributed by atoms with Crippen LogP contribution in [-0.4, -0.2) is 5.11 Å². The molecule has 0 amide bonds. The van der Waals surface area contributed by atoms with Gasteiger partial charge in [-0.25, -0.2) is 0 Å². The molecule has 0 radical (unpaired) electrons. The zero-order valence-corrected chi connectivity index (χ0v) is 8.16. The Morgan fingerprint density at radius 3 is 2.77 bits per heavy atom. The monoisotopic (exact) mass is 180 g/mol. The molecule has 0 fully saturated rings. The molecule has 1 atom stereocenters. The minimum Gasteiger partial charge on any atom is -0.463 e. The van der Waals surface area contributed by atoms with Crippen LogP contribution >= 0.6 is 0 Å². The van der Waals surface area contributed by atoms with Crippen LogP contribution in [0.5, 0.6) is 0 Å². The zero-order chi connectivity index (χ0) is 9.84. The Labute approximate surface area is 78.9 Å². The molecule has 1 aromatic heterocycles. The molecule has 72 valence electrons. The molecule has 0 aromatic carbocycles. The van der Waals surface area contributed by atoms with Crippen LogP contribution in [0.3, 0.4) is 0 Å². The lowest BCUT2D eigenvalue weighted by Gasteiger charge is -2.10. The van der Waals surface area contributed by atoms with Gasteiger partial charge in [0.25, 0.3) is 0 Å². The molecular weight excluding hydrogens is 164 g/mol. The van der Waals surface area contributed by atoms with Crippen LogP contribution in [0.2, 0.25) is 0 Å². The SMILES string of the molecule is C=CCc1ccc(C(O)C(C)C)o1. The van der Waals surface area contributed by atoms with E-state index in [0.29, 0.717) is 12.2 Å². The second-order valence-corrected chi connectivity index (χ2v) is 3.49. The summed E-state index contributed by atoms with van der Waals surface area (Å²) in [5.74, 6) is 1.68. The van der Waals surface area contributed by atoms with Crippen molar-refractivity contribution in [3.8, 4) is 0 Å². The van der Waals surface area contributed by atoms with E-state index in [9.17, 15) is 5.11 Å². The summed E-state index contributed by atoms with van der Waals surface area (Å²) in [6.45, 7) is 7.54. The lowest BCUT2D eigenvalue weighted by atomic mass is 10.1. The van der Waals surface area contributed by atoms with Gasteiger partial charge in [0.1, 0.15) is 17.6 Å². The van der Waals surface area contributed by atoms with Crippen molar-refractivity contribution in [3.63, 3.8) is 0 Å². The zero-order valence-electron chi connectivity index (χ0n) is 8.16. The third-order valence-corrected chi connectivity index (χ3v) is 1.95. The molecule has 0 aliphatic heterocycles. The van der Waals surface area contributed by atoms with Crippen LogP contribution in [-0.2, 0) is 6.42 Å². The van der Waals surface area contributed by atoms with Gasteiger partial charge >= 0.3 is 0 Å². The third-order valence-electron chi connectivity index (χ3n) is 1.95. The van der Waals surface area contributed by atoms with Crippen molar-refractivity contribution in [2.24, 2.45) is 5.92 Å². The second kappa shape index (κ2) is 4.28. The molecule has 1 unspecified atom stereocenters. The van der Waals surface area contributed by atoms with Crippen LogP contribution in [0.1, 0.15) is 31.5 Å². The van der Waals surface area contributed by atoms with E-state index in [2.05, 4.69) is 6.58 Å². The van der Waals surface area contributed by atoms with Gasteiger partial charge in [-0.15, -0.1) is 6.58 Å². The fraction of sp³-hybridized carbons (Fsp3) is 0.455. The predicted octanol–water partition coefficient (Wildman–Crippen LogP) is 2.70. The molecule has 13 heavy (non-hydrogen) atoms. The van der Waals surface area contributed by atoms with E-state index in [4.69, 9.17) is 4.42 Å². The first-order chi connectivity index (χ1) is 6.15. The molecule has 0 saturated heterocycles. The van der Waals surface area contributed by atoms with Gasteiger partial charge in [0.15, 0.2) is 0 Å². The molecule has 1 aromatic rings. The highest BCUT2D eigenvalue weighted by Gasteiger charge is 2.15. The Balaban J connectivity index is 2.73. The first-order valence-corrected chi connectivity index (χ1v) is 4.52. The molecule has 0 spiro atoms. The van der Waals surface area contributed by atoms with E-state index >= 15 is 0 Å². The minimum atomic E-state index is -0.501. The highest BCUT2D eigenvalue weighted by atomic mass is 16.4. The maximum absolute atomic E-state index is 9.66. The highest BCUT2D eigenvalue weighted by Crippen LogP contribution is 2.23. The van der Waals surface area contributed by atoms with Crippen molar-refractivity contribution in [3.05, 3.63) is 36.3 Å². The fourth-order valence-electron chi connectivity index (χ4n) is 1.13. The number of allylic oxidation sites excluding steroid dienone is 1. The third kappa shape index (κ3) is 2.46. The lowest BCUT2D eigenvalue weighted by Crippen LogP contribution is -2.03. The van der Waals surface area contributed by atoms with E-state index in [0.717, 1.165) is 5.76 Å². The summed E-state index contributed by atoms with van der Waals surface area (Å²) in [5, 5.41) is 9.66. The van der Waals surface area contributed by atoms with Crippen molar-refractivity contribution in [2.75, 3.05) is 0 Å². The molecule has 2 heteroatoms. The Kier molecular flexibility index (Phi) is 3.32. The molecule has 1 heterocycles. The van der Waals surface area contributed by atoms with Gasteiger partial charge < -0.3 is 9.52 Å². The lowest BCUT2D eigenvalue weighted by molar-refractivity contribution is 0.101. The Morgan fingerprint density at radius 2 is 2.23 bits per heavy atom. The number of aliphatic hydroxyl groups is 1. The van der Waals surface area contributed by atoms with E-state index in [1.165, 1.54) is 0 Å². The van der Waals surface area contributed by atoms with E-state index in [1.54, 1.807) is 6.08 Å². The van der Waals surface area contributed by atoms with Gasteiger partial charge in [0, 0.05) is 6.42 Å². The summed E-state index contributed by atoms with van der Waals surface area (Å²) in [5.41, 5.74) is 0. The van der Waals surface area contributed by atoms with Crippen LogP contribution in [0, 0.1) is 5.92 Å². The number of rotatable bonds is 4. The molecule has 1 N–H and O–H groups in total. The van der Waals surface area contributed by atoms with Gasteiger partial charge in [-0.1, -0.05) is 19.9 Å². The molecule has 1 rings (SSSR count). The Morgan fingerprint density at radius 1 is 1.54 bits per heavy atom. The molecule has 2 nitrogen and oxygen atoms in total. The topological polar surface area (TPSA) is 33.4 Å². The highest BCUT2D eigenvalue weighted by molar-refractivity contribution is 5.11. The van der Waals surface area contributed by atoms with Crippen molar-refractivity contribution < 1.29 is 9.52 Å². The van der Waals surface area contributed by atoms with Gasteiger partial charge in [-0.05, 0) is 18.1 Å². The maximum Gasteiger partial charge on any atom is 0.132 e. The first-order valence-electron chi connectivity index (χ1n) is 4.52. The quantitative estimate of drug-likeness (QED) is 0.723. The average molecular weight is 180 g/mol. The second-order valence-electron chi connectivity index (χ2n) is 3.49. The first kappa shape index (κ1) is 10.1. The normalized spacial score (nSPS) is 13.2. The summed E-state index contributed by atoms with van der Waals surface area (Å²) in [4.78, 5) is 0. The van der Waals surface area contributed by atoms with Crippen molar-refractivity contribution in [2.45, 2.75) is 26.4 Å². The van der Waals surface area contributed by atoms with Gasteiger partial charge in [-0.2, -0.15) is 0 Å². The Hall–Kier alpha value is -1.02. The summed E-state index contributed by atoms with van der Waals surface area (Å²) >= 11 is 0. The van der Waals surface area contributed by atoms with Crippen LogP contribution in [0.4, 0.5) is 0 Å². The van der Waals surface area contributed by atoms with Crippen molar-refractivity contribution >= 4 is 0 Å². The number of furan rings is 1. The molecule has 0 aliphatic carbocycles. The van der Waals surface area contributed by atoms with Crippen molar-refractivity contribution in [1.29, 1.82) is 0 Å². The van der Waals surface area contributed by atoms with E-state index in [1.807, 2.05) is 26.0 Å². The van der Waals surface area contributed by atoms with E-state index in [-0.39, 0.29) is 5.92 Å². The summed E-state index contributed by atoms with van der Waals surface area (Å²) < 4.78 is 5.43. The Bertz CT molecular complexity index is 273. The van der Waals surface area contributed by atoms with Crippen LogP contribution < -0.4 is 0 Å². The van der Waals surface area contributed by atoms with E-state index < -0.39 is 6.10 Å². The van der Waals surface area contributed by atoms with Crippen molar-refractivity contribution in [1.82, 2.24) is 0 Å². The maximum atomic E-state index is 9.66. The molecule has 0 aliphatic rings. The molecule has 0 bridgehead atoms. The smallest absolute Gasteiger partial charge is 0.132 e. The summed E-state index contributed by atoms with van der Waals surface area (Å²) in [6, 6.07) is 3.70. The summed E-state index contributed by atoms with van der Waals surface area (Å²) in [6.07, 6.45) is 1.99. The minimum absolute atomic E-state index is 0.183. The number of hydrogen-bond donors (Lipinski definition) is 1. The average Bonchev–Trinajstić information content (AvgIpc) is 2.52. The fourth-order valence-corrected chi connectivity index (χ4v) is 1.13. The molecule has 0 saturated carbocycles. The van der Waals surface area contributed by atoms with Gasteiger partial charge in [0.2, 0.25) is 0 Å². The number of hydrogen-bond acceptors (Lipinski definition) is 2. The standard InChI is InChI=1S/C11H16O2/c1-4-5-9-6-7-10(13-9)11(12)8(2)3/h4,6-8,11-12H,1,5H2,2-3H3. The van der Waals surface area contributed by atoms with Gasteiger partial charge in [0.05, 0.1) is 0 Å².